The van der Waals surface area contributed by atoms with Crippen LogP contribution in [0.15, 0.2) is 59.5 Å². The first-order chi connectivity index (χ1) is 20.2. The Kier molecular flexibility index (Phi) is 10.4. The molecule has 11 nitrogen and oxygen atoms in total. The molecule has 2 saturated heterocycles. The zero-order valence-electron chi connectivity index (χ0n) is 24.2. The van der Waals surface area contributed by atoms with Crippen molar-refractivity contribution in [3.8, 4) is 5.75 Å². The number of nitrogens with zero attached hydrogens (tertiary/aromatic N) is 2. The van der Waals surface area contributed by atoms with Gasteiger partial charge in [-0.2, -0.15) is 4.31 Å². The molecule has 0 aliphatic carbocycles. The molecular weight excluding hydrogens is 560 g/mol. The summed E-state index contributed by atoms with van der Waals surface area (Å²) in [4.78, 5) is 40.9. The smallest absolute Gasteiger partial charge is 0.407 e. The van der Waals surface area contributed by atoms with Crippen molar-refractivity contribution in [3.63, 3.8) is 0 Å². The lowest BCUT2D eigenvalue weighted by molar-refractivity contribution is -0.160. The number of unbranched alkanes of at least 4 members (excludes halogenated alkanes) is 1. The molecule has 42 heavy (non-hydrogen) atoms. The molecule has 0 radical (unpaired) electrons. The summed E-state index contributed by atoms with van der Waals surface area (Å²) >= 11 is 0. The van der Waals surface area contributed by atoms with Crippen molar-refractivity contribution in [2.75, 3.05) is 33.3 Å². The van der Waals surface area contributed by atoms with Gasteiger partial charge < -0.3 is 25.0 Å². The summed E-state index contributed by atoms with van der Waals surface area (Å²) in [6.45, 7) is 3.22. The highest BCUT2D eigenvalue weighted by Crippen LogP contribution is 2.35. The van der Waals surface area contributed by atoms with Crippen molar-refractivity contribution in [1.82, 2.24) is 19.8 Å². The number of amides is 3. The number of ether oxygens (including phenoxy) is 2. The number of piperidine rings is 1. The van der Waals surface area contributed by atoms with E-state index < -0.39 is 27.7 Å². The Hall–Kier alpha value is -3.64. The highest BCUT2D eigenvalue weighted by atomic mass is 32.2. The summed E-state index contributed by atoms with van der Waals surface area (Å²) in [7, 11) is -2.24. The monoisotopic (exact) mass is 600 g/mol. The average molecular weight is 601 g/mol. The van der Waals surface area contributed by atoms with Crippen molar-refractivity contribution in [3.05, 3.63) is 60.2 Å². The average Bonchev–Trinajstić information content (AvgIpc) is 3.01. The van der Waals surface area contributed by atoms with Gasteiger partial charge in [0.05, 0.1) is 12.0 Å². The maximum absolute atomic E-state index is 13.6. The zero-order chi connectivity index (χ0) is 30.2. The molecule has 0 bridgehead atoms. The fourth-order valence-electron chi connectivity index (χ4n) is 5.55. The van der Waals surface area contributed by atoms with Crippen molar-refractivity contribution < 1.29 is 32.3 Å². The van der Waals surface area contributed by atoms with Crippen LogP contribution < -0.4 is 15.4 Å². The van der Waals surface area contributed by atoms with Gasteiger partial charge in [0.25, 0.3) is 0 Å². The van der Waals surface area contributed by atoms with Crippen LogP contribution in [-0.2, 0) is 31.0 Å². The molecule has 0 aromatic heterocycles. The van der Waals surface area contributed by atoms with Crippen molar-refractivity contribution in [2.45, 2.75) is 68.5 Å². The van der Waals surface area contributed by atoms with Crippen LogP contribution >= 0.6 is 0 Å². The Morgan fingerprint density at radius 1 is 1.05 bits per heavy atom. The van der Waals surface area contributed by atoms with Gasteiger partial charge in [0.2, 0.25) is 21.8 Å². The van der Waals surface area contributed by atoms with E-state index in [1.54, 1.807) is 17.0 Å². The first kappa shape index (κ1) is 31.3. The number of methoxy groups -OCH3 is 1. The Balaban J connectivity index is 1.28. The molecule has 0 saturated carbocycles. The number of hydrogen-bond acceptors (Lipinski definition) is 7. The third-order valence-electron chi connectivity index (χ3n) is 7.90. The van der Waals surface area contributed by atoms with Crippen LogP contribution in [-0.4, -0.2) is 80.4 Å². The number of benzene rings is 2. The second-order valence-corrected chi connectivity index (χ2v) is 12.5. The molecule has 12 heteroatoms. The van der Waals surface area contributed by atoms with Gasteiger partial charge in [-0.25, -0.2) is 13.2 Å². The molecule has 2 aromatic rings. The second kappa shape index (κ2) is 14.0. The van der Waals surface area contributed by atoms with Crippen LogP contribution in [0.4, 0.5) is 4.79 Å². The van der Waals surface area contributed by atoms with Crippen LogP contribution in [0.2, 0.25) is 0 Å². The highest BCUT2D eigenvalue weighted by molar-refractivity contribution is 7.89. The van der Waals surface area contributed by atoms with E-state index in [1.807, 2.05) is 37.3 Å². The van der Waals surface area contributed by atoms with Gasteiger partial charge in [-0.15, -0.1) is 0 Å². The number of sulfonamides is 1. The Morgan fingerprint density at radius 3 is 2.38 bits per heavy atom. The summed E-state index contributed by atoms with van der Waals surface area (Å²) in [5, 5.41) is 5.64. The fourth-order valence-corrected chi connectivity index (χ4v) is 6.99. The van der Waals surface area contributed by atoms with Crippen LogP contribution in [0, 0.1) is 0 Å². The molecule has 3 amide bonds. The lowest BCUT2D eigenvalue weighted by Gasteiger charge is -2.51. The number of piperazine rings is 1. The number of nitrogens with one attached hydrogen (secondary N) is 2. The number of hydrogen-bond donors (Lipinski definition) is 2. The van der Waals surface area contributed by atoms with Gasteiger partial charge in [-0.05, 0) is 68.4 Å². The number of rotatable bonds is 12. The molecule has 2 N–H and O–H groups in total. The van der Waals surface area contributed by atoms with E-state index in [4.69, 9.17) is 9.47 Å². The lowest BCUT2D eigenvalue weighted by Crippen LogP contribution is -2.73. The zero-order valence-corrected chi connectivity index (χ0v) is 25.0. The fraction of sp³-hybridized carbons (Fsp3) is 0.500. The molecule has 2 aliphatic rings. The van der Waals surface area contributed by atoms with E-state index >= 15 is 0 Å². The van der Waals surface area contributed by atoms with E-state index in [9.17, 15) is 22.8 Å². The van der Waals surface area contributed by atoms with E-state index in [0.717, 1.165) is 5.56 Å². The Morgan fingerprint density at radius 2 is 1.74 bits per heavy atom. The largest absolute Gasteiger partial charge is 0.497 e. The molecule has 2 heterocycles. The summed E-state index contributed by atoms with van der Waals surface area (Å²) in [5.74, 6) is 0.189. The number of carbonyl (C=O) groups is 3. The summed E-state index contributed by atoms with van der Waals surface area (Å²) in [6, 6.07) is 15.0. The summed E-state index contributed by atoms with van der Waals surface area (Å²) < 4.78 is 38.2. The highest BCUT2D eigenvalue weighted by Gasteiger charge is 2.54. The van der Waals surface area contributed by atoms with Crippen LogP contribution in [0.25, 0.3) is 0 Å². The molecule has 1 spiro atoms. The second-order valence-electron chi connectivity index (χ2n) is 10.6. The van der Waals surface area contributed by atoms with Gasteiger partial charge in [0.1, 0.15) is 23.9 Å². The molecule has 0 unspecified atom stereocenters. The molecule has 2 aromatic carbocycles. The van der Waals surface area contributed by atoms with Crippen LogP contribution in [0.5, 0.6) is 5.75 Å². The van der Waals surface area contributed by atoms with Gasteiger partial charge in [-0.3, -0.25) is 9.59 Å². The molecular formula is C30H40N4O7S. The predicted octanol–water partition coefficient (Wildman–Crippen LogP) is 3.05. The van der Waals surface area contributed by atoms with E-state index in [-0.39, 0.29) is 49.2 Å². The van der Waals surface area contributed by atoms with Crippen LogP contribution in [0.3, 0.4) is 0 Å². The quantitative estimate of drug-likeness (QED) is 0.358. The molecule has 2 aliphatic heterocycles. The predicted molar refractivity (Wildman–Crippen MR) is 156 cm³/mol. The maximum Gasteiger partial charge on any atom is 0.407 e. The summed E-state index contributed by atoms with van der Waals surface area (Å²) in [5.41, 5.74) is -0.169. The first-order valence-electron chi connectivity index (χ1n) is 14.4. The Bertz CT molecular complexity index is 1330. The molecule has 1 atom stereocenters. The third-order valence-corrected chi connectivity index (χ3v) is 9.82. The molecule has 2 fully saturated rings. The van der Waals surface area contributed by atoms with Crippen molar-refractivity contribution in [2.24, 2.45) is 0 Å². The minimum absolute atomic E-state index is 0.131. The Labute approximate surface area is 247 Å². The lowest BCUT2D eigenvalue weighted by atomic mass is 9.81. The SMILES string of the molecule is CCCN1C(=O)[C@H](CCCCNC(=O)OCc2ccccc2)NC(=O)C12CCN(S(=O)(=O)c1ccc(OC)cc1)CC2. The van der Waals surface area contributed by atoms with Gasteiger partial charge in [0.15, 0.2) is 0 Å². The number of alkyl carbamates (subject to hydrolysis) is 1. The van der Waals surface area contributed by atoms with Gasteiger partial charge >= 0.3 is 6.09 Å². The van der Waals surface area contributed by atoms with E-state index in [0.29, 0.717) is 44.5 Å². The first-order valence-corrected chi connectivity index (χ1v) is 15.9. The minimum Gasteiger partial charge on any atom is -0.497 e. The topological polar surface area (TPSA) is 134 Å². The maximum atomic E-state index is 13.6. The minimum atomic E-state index is -3.75. The van der Waals surface area contributed by atoms with Crippen molar-refractivity contribution in [1.29, 1.82) is 0 Å². The van der Waals surface area contributed by atoms with E-state index in [1.165, 1.54) is 23.5 Å². The summed E-state index contributed by atoms with van der Waals surface area (Å²) in [6.07, 6.45) is 2.31. The van der Waals surface area contributed by atoms with E-state index in [2.05, 4.69) is 10.6 Å². The third kappa shape index (κ3) is 7.04. The molecule has 228 valence electrons. The number of carbonyl (C=O) groups excluding carboxylic acids is 3. The van der Waals surface area contributed by atoms with Gasteiger partial charge in [0, 0.05) is 26.2 Å². The normalized spacial score (nSPS) is 18.9. The standard InChI is InChI=1S/C30H40N4O7S/c1-3-19-34-27(35)26(11-7-8-18-31-29(37)41-22-23-9-5-4-6-10-23)32-28(36)30(34)16-20-33(21-17-30)42(38,39)25-14-12-24(40-2)13-15-25/h4-6,9-10,12-15,26H,3,7-8,11,16-22H2,1-2H3,(H,31,37)(H,32,36)/t26-/m0/s1. The molecule has 4 rings (SSSR count). The van der Waals surface area contributed by atoms with Crippen molar-refractivity contribution >= 4 is 27.9 Å². The van der Waals surface area contributed by atoms with Gasteiger partial charge in [-0.1, -0.05) is 37.3 Å². The van der Waals surface area contributed by atoms with Crippen LogP contribution in [0.1, 0.15) is 51.0 Å².